The van der Waals surface area contributed by atoms with Gasteiger partial charge in [0.05, 0.1) is 6.61 Å². The van der Waals surface area contributed by atoms with Crippen molar-refractivity contribution in [3.63, 3.8) is 0 Å². The summed E-state index contributed by atoms with van der Waals surface area (Å²) < 4.78 is 6.28. The molecule has 4 aromatic carbocycles. The van der Waals surface area contributed by atoms with Gasteiger partial charge >= 0.3 is 0 Å². The van der Waals surface area contributed by atoms with Crippen LogP contribution in [0, 0.1) is 0 Å². The van der Waals surface area contributed by atoms with E-state index in [1.807, 2.05) is 61.5 Å². The number of amides is 2. The van der Waals surface area contributed by atoms with Crippen LogP contribution in [-0.4, -0.2) is 24.2 Å². The molecule has 4 rings (SSSR count). The quantitative estimate of drug-likeness (QED) is 0.151. The molecule has 0 heterocycles. The highest BCUT2D eigenvalue weighted by Gasteiger charge is 2.15. The third kappa shape index (κ3) is 8.12. The van der Waals surface area contributed by atoms with Gasteiger partial charge in [-0.3, -0.25) is 14.4 Å². The largest absolute Gasteiger partial charge is 0.494 e. The zero-order chi connectivity index (χ0) is 28.3. The molecule has 6 nitrogen and oxygen atoms in total. The van der Waals surface area contributed by atoms with Crippen LogP contribution in [0.25, 0.3) is 12.2 Å². The van der Waals surface area contributed by atoms with Crippen molar-refractivity contribution in [2.75, 3.05) is 11.9 Å². The maximum Gasteiger partial charge on any atom is 0.272 e. The van der Waals surface area contributed by atoms with Gasteiger partial charge < -0.3 is 15.4 Å². The van der Waals surface area contributed by atoms with Crippen LogP contribution in [0.5, 0.6) is 5.75 Å². The first-order valence-corrected chi connectivity index (χ1v) is 13.4. The minimum absolute atomic E-state index is 0.0744. The van der Waals surface area contributed by atoms with Crippen molar-refractivity contribution in [3.05, 3.63) is 142 Å². The monoisotopic (exact) mass is 594 g/mol. The Hall–Kier alpha value is -4.75. The number of allylic oxidation sites excluding steroid dienone is 1. The minimum Gasteiger partial charge on any atom is -0.494 e. The number of carbonyl (C=O) groups is 3. The molecule has 0 bridgehead atoms. The van der Waals surface area contributed by atoms with Crippen molar-refractivity contribution in [1.82, 2.24) is 5.32 Å². The average molecular weight is 595 g/mol. The molecular weight excluding hydrogens is 568 g/mol. The molecule has 0 radical (unpaired) electrons. The molecule has 0 atom stereocenters. The third-order valence-corrected chi connectivity index (χ3v) is 6.23. The van der Waals surface area contributed by atoms with E-state index in [4.69, 9.17) is 4.74 Å². The Morgan fingerprint density at radius 2 is 1.52 bits per heavy atom. The van der Waals surface area contributed by atoms with Crippen LogP contribution in [0.15, 0.2) is 119 Å². The van der Waals surface area contributed by atoms with Crippen LogP contribution in [0.3, 0.4) is 0 Å². The molecule has 0 saturated carbocycles. The fraction of sp³-hybridized carbons (Fsp3) is 0.0606. The lowest BCUT2D eigenvalue weighted by atomic mass is 10.1. The van der Waals surface area contributed by atoms with E-state index in [1.54, 1.807) is 60.7 Å². The van der Waals surface area contributed by atoms with Crippen LogP contribution in [0.2, 0.25) is 0 Å². The molecule has 40 heavy (non-hydrogen) atoms. The standard InChI is InChI=1S/C33H27BrN2O4/c1-2-40-29-18-11-23(12-19-29)13-20-31(37)25-14-16-28(17-15-25)35-33(39)30(22-24-7-6-10-27(34)21-24)36-32(38)26-8-4-3-5-9-26/h3-22H,2H2,1H3,(H,35,39)(H,36,38)/b20-13+,30-22-. The second-order valence-corrected chi connectivity index (χ2v) is 9.58. The molecule has 0 aromatic heterocycles. The summed E-state index contributed by atoms with van der Waals surface area (Å²) in [5.74, 6) is -0.300. The van der Waals surface area contributed by atoms with Gasteiger partial charge in [-0.1, -0.05) is 64.5 Å². The molecule has 7 heteroatoms. The van der Waals surface area contributed by atoms with Gasteiger partial charge in [0.15, 0.2) is 5.78 Å². The number of nitrogens with one attached hydrogen (secondary N) is 2. The lowest BCUT2D eigenvalue weighted by Crippen LogP contribution is -2.30. The summed E-state index contributed by atoms with van der Waals surface area (Å²) in [7, 11) is 0. The molecule has 0 aliphatic heterocycles. The van der Waals surface area contributed by atoms with E-state index in [9.17, 15) is 14.4 Å². The third-order valence-electron chi connectivity index (χ3n) is 5.73. The molecule has 0 aliphatic carbocycles. The van der Waals surface area contributed by atoms with E-state index in [1.165, 1.54) is 6.08 Å². The Morgan fingerprint density at radius 1 is 0.800 bits per heavy atom. The highest BCUT2D eigenvalue weighted by Crippen LogP contribution is 2.17. The topological polar surface area (TPSA) is 84.5 Å². The molecule has 2 N–H and O–H groups in total. The molecule has 0 saturated heterocycles. The van der Waals surface area contributed by atoms with E-state index in [0.717, 1.165) is 21.3 Å². The van der Waals surface area contributed by atoms with E-state index in [2.05, 4.69) is 26.6 Å². The Labute approximate surface area is 241 Å². The van der Waals surface area contributed by atoms with Crippen molar-refractivity contribution < 1.29 is 19.1 Å². The average Bonchev–Trinajstić information content (AvgIpc) is 2.97. The first-order valence-electron chi connectivity index (χ1n) is 12.6. The SMILES string of the molecule is CCOc1ccc(/C=C/C(=O)c2ccc(NC(=O)/C(=C/c3cccc(Br)c3)NC(=O)c3ccccc3)cc2)cc1. The van der Waals surface area contributed by atoms with E-state index in [0.29, 0.717) is 23.4 Å². The van der Waals surface area contributed by atoms with E-state index >= 15 is 0 Å². The zero-order valence-corrected chi connectivity index (χ0v) is 23.4. The highest BCUT2D eigenvalue weighted by atomic mass is 79.9. The maximum atomic E-state index is 13.2. The number of ether oxygens (including phenoxy) is 1. The van der Waals surface area contributed by atoms with Gasteiger partial charge in [0, 0.05) is 21.3 Å². The predicted molar refractivity (Wildman–Crippen MR) is 162 cm³/mol. The summed E-state index contributed by atoms with van der Waals surface area (Å²) in [5, 5.41) is 5.52. The second-order valence-electron chi connectivity index (χ2n) is 8.66. The van der Waals surface area contributed by atoms with Gasteiger partial charge in [-0.2, -0.15) is 0 Å². The van der Waals surface area contributed by atoms with Gasteiger partial charge in [0.25, 0.3) is 11.8 Å². The number of hydrogen-bond donors (Lipinski definition) is 2. The molecule has 0 fully saturated rings. The highest BCUT2D eigenvalue weighted by molar-refractivity contribution is 9.10. The number of hydrogen-bond acceptors (Lipinski definition) is 4. The molecule has 0 spiro atoms. The summed E-state index contributed by atoms with van der Waals surface area (Å²) in [6.07, 6.45) is 4.84. The van der Waals surface area contributed by atoms with Gasteiger partial charge in [-0.25, -0.2) is 0 Å². The van der Waals surface area contributed by atoms with Crippen LogP contribution >= 0.6 is 15.9 Å². The van der Waals surface area contributed by atoms with Gasteiger partial charge in [0.2, 0.25) is 0 Å². The molecule has 0 unspecified atom stereocenters. The normalized spacial score (nSPS) is 11.2. The van der Waals surface area contributed by atoms with Gasteiger partial charge in [-0.05, 0) is 90.9 Å². The Morgan fingerprint density at radius 3 is 2.20 bits per heavy atom. The first-order chi connectivity index (χ1) is 19.4. The number of ketones is 1. The van der Waals surface area contributed by atoms with Crippen LogP contribution in [0.1, 0.15) is 38.8 Å². The summed E-state index contributed by atoms with van der Waals surface area (Å²) in [6, 6.07) is 30.1. The summed E-state index contributed by atoms with van der Waals surface area (Å²) in [6.45, 7) is 2.52. The molecule has 2 amide bonds. The first kappa shape index (κ1) is 28.3. The summed E-state index contributed by atoms with van der Waals surface area (Å²) in [5.41, 5.74) is 3.06. The van der Waals surface area contributed by atoms with Gasteiger partial charge in [0.1, 0.15) is 11.4 Å². The van der Waals surface area contributed by atoms with E-state index in [-0.39, 0.29) is 11.5 Å². The van der Waals surface area contributed by atoms with Crippen LogP contribution in [0.4, 0.5) is 5.69 Å². The number of rotatable bonds is 10. The molecule has 4 aromatic rings. The van der Waals surface area contributed by atoms with Crippen molar-refractivity contribution in [3.8, 4) is 5.75 Å². The van der Waals surface area contributed by atoms with Crippen molar-refractivity contribution >= 4 is 51.4 Å². The van der Waals surface area contributed by atoms with Gasteiger partial charge in [-0.15, -0.1) is 0 Å². The lowest BCUT2D eigenvalue weighted by Gasteiger charge is -2.12. The van der Waals surface area contributed by atoms with E-state index < -0.39 is 11.8 Å². The fourth-order valence-corrected chi connectivity index (χ4v) is 4.15. The summed E-state index contributed by atoms with van der Waals surface area (Å²) in [4.78, 5) is 38.7. The maximum absolute atomic E-state index is 13.2. The second kappa shape index (κ2) is 13.9. The Kier molecular flexibility index (Phi) is 9.80. The number of halogens is 1. The Bertz CT molecular complexity index is 1540. The van der Waals surface area contributed by atoms with Crippen molar-refractivity contribution in [2.45, 2.75) is 6.92 Å². The number of anilines is 1. The number of benzene rings is 4. The van der Waals surface area contributed by atoms with Crippen LogP contribution < -0.4 is 15.4 Å². The lowest BCUT2D eigenvalue weighted by molar-refractivity contribution is -0.113. The van der Waals surface area contributed by atoms with Crippen molar-refractivity contribution in [1.29, 1.82) is 0 Å². The van der Waals surface area contributed by atoms with Crippen LogP contribution in [-0.2, 0) is 4.79 Å². The molecule has 0 aliphatic rings. The minimum atomic E-state index is -0.501. The number of carbonyl (C=O) groups excluding carboxylic acids is 3. The fourth-order valence-electron chi connectivity index (χ4n) is 3.73. The predicted octanol–water partition coefficient (Wildman–Crippen LogP) is 7.15. The smallest absolute Gasteiger partial charge is 0.272 e. The molecule has 200 valence electrons. The Balaban J connectivity index is 1.46. The van der Waals surface area contributed by atoms with Crippen molar-refractivity contribution in [2.24, 2.45) is 0 Å². The zero-order valence-electron chi connectivity index (χ0n) is 21.8. The summed E-state index contributed by atoms with van der Waals surface area (Å²) >= 11 is 3.43. The molecular formula is C33H27BrN2O4.